The SMILES string of the molecule is CC/C=C\C/C=C\C/C=C\C/C=C\C/C=C\C/C=C\CCC(=O)OCC(COC1OC(C(=O)O)C(O)C(O)C1OC(=O)CCCCCCCCCCCCCCCCC)OC(=O)CC/C=C\C/C=C\C/C=C\C/C=C\CC. The summed E-state index contributed by atoms with van der Waals surface area (Å²) in [6.45, 7) is 5.62. The number of esters is 3. The second kappa shape index (κ2) is 51.9. The Balaban J connectivity index is 2.77. The third-order valence-corrected chi connectivity index (χ3v) is 12.6. The van der Waals surface area contributed by atoms with Crippen molar-refractivity contribution >= 4 is 23.9 Å². The Morgan fingerprint density at radius 1 is 0.442 bits per heavy atom. The molecule has 1 fully saturated rings. The molecule has 0 amide bonds. The number of carbonyl (C=O) groups is 4. The second-order valence-electron chi connectivity index (χ2n) is 19.5. The molecule has 1 saturated heterocycles. The minimum Gasteiger partial charge on any atom is -0.479 e. The van der Waals surface area contributed by atoms with Crippen LogP contribution in [0.25, 0.3) is 0 Å². The molecule has 1 aliphatic heterocycles. The maximum atomic E-state index is 13.1. The van der Waals surface area contributed by atoms with Gasteiger partial charge in [0.2, 0.25) is 0 Å². The normalized spacial score (nSPS) is 18.9. The zero-order valence-corrected chi connectivity index (χ0v) is 47.7. The number of aliphatic hydroxyl groups is 2. The Kier molecular flexibility index (Phi) is 47.2. The highest BCUT2D eigenvalue weighted by molar-refractivity contribution is 5.74. The summed E-state index contributed by atoms with van der Waals surface area (Å²) in [5.41, 5.74) is 0. The van der Waals surface area contributed by atoms with Gasteiger partial charge in [0.25, 0.3) is 0 Å². The van der Waals surface area contributed by atoms with Crippen LogP contribution < -0.4 is 0 Å². The summed E-state index contributed by atoms with van der Waals surface area (Å²) in [6, 6.07) is 0. The van der Waals surface area contributed by atoms with E-state index in [0.717, 1.165) is 77.0 Å². The molecule has 1 heterocycles. The van der Waals surface area contributed by atoms with E-state index < -0.39 is 67.3 Å². The fourth-order valence-corrected chi connectivity index (χ4v) is 8.11. The summed E-state index contributed by atoms with van der Waals surface area (Å²) in [7, 11) is 0. The maximum absolute atomic E-state index is 13.1. The monoisotopic (exact) mass is 1070 g/mol. The van der Waals surface area contributed by atoms with Crippen molar-refractivity contribution in [2.75, 3.05) is 13.2 Å². The van der Waals surface area contributed by atoms with Gasteiger partial charge in [-0.15, -0.1) is 0 Å². The predicted octanol–water partition coefficient (Wildman–Crippen LogP) is 15.2. The van der Waals surface area contributed by atoms with Crippen LogP contribution in [0.3, 0.4) is 0 Å². The fourth-order valence-electron chi connectivity index (χ4n) is 8.11. The van der Waals surface area contributed by atoms with E-state index in [1.54, 1.807) is 0 Å². The van der Waals surface area contributed by atoms with Crippen molar-refractivity contribution in [3.8, 4) is 0 Å². The molecule has 0 radical (unpaired) electrons. The van der Waals surface area contributed by atoms with Gasteiger partial charge in [-0.3, -0.25) is 14.4 Å². The van der Waals surface area contributed by atoms with E-state index in [1.165, 1.54) is 64.2 Å². The molecule has 12 heteroatoms. The molecule has 3 N–H and O–H groups in total. The van der Waals surface area contributed by atoms with Gasteiger partial charge in [0.15, 0.2) is 24.6 Å². The van der Waals surface area contributed by atoms with Crippen molar-refractivity contribution in [3.63, 3.8) is 0 Å². The first-order chi connectivity index (χ1) is 37.6. The number of unbranched alkanes of at least 4 members (excludes halogenated alkanes) is 14. The molecule has 6 unspecified atom stereocenters. The van der Waals surface area contributed by atoms with Gasteiger partial charge in [0, 0.05) is 19.3 Å². The number of carboxylic acids is 1. The molecule has 1 rings (SSSR count). The van der Waals surface area contributed by atoms with Gasteiger partial charge < -0.3 is 39.0 Å². The van der Waals surface area contributed by atoms with E-state index in [4.69, 9.17) is 23.7 Å². The number of carboxylic acid groups (broad SMARTS) is 1. The minimum absolute atomic E-state index is 0.0207. The van der Waals surface area contributed by atoms with Gasteiger partial charge in [-0.25, -0.2) is 4.79 Å². The summed E-state index contributed by atoms with van der Waals surface area (Å²) in [5.74, 6) is -3.35. The van der Waals surface area contributed by atoms with Crippen LogP contribution >= 0.6 is 0 Å². The molecule has 6 atom stereocenters. The summed E-state index contributed by atoms with van der Waals surface area (Å²) >= 11 is 0. The number of hydrogen-bond donors (Lipinski definition) is 3. The molecule has 0 bridgehead atoms. The summed E-state index contributed by atoms with van der Waals surface area (Å²) in [4.78, 5) is 51.0. The van der Waals surface area contributed by atoms with Crippen molar-refractivity contribution in [2.45, 2.75) is 250 Å². The number of carbonyl (C=O) groups excluding carboxylic acids is 3. The van der Waals surface area contributed by atoms with E-state index in [1.807, 2.05) is 24.3 Å². The molecule has 77 heavy (non-hydrogen) atoms. The van der Waals surface area contributed by atoms with Crippen LogP contribution in [0.4, 0.5) is 0 Å². The summed E-state index contributed by atoms with van der Waals surface area (Å²) in [5, 5.41) is 31.5. The minimum atomic E-state index is -1.93. The summed E-state index contributed by atoms with van der Waals surface area (Å²) in [6.07, 6.45) is 59.2. The number of hydrogen-bond acceptors (Lipinski definition) is 11. The van der Waals surface area contributed by atoms with E-state index in [9.17, 15) is 34.5 Å². The van der Waals surface area contributed by atoms with Crippen molar-refractivity contribution in [1.29, 1.82) is 0 Å². The summed E-state index contributed by atoms with van der Waals surface area (Å²) < 4.78 is 28.2. The Hall–Kier alpha value is -4.88. The lowest BCUT2D eigenvalue weighted by Crippen LogP contribution is -2.61. The van der Waals surface area contributed by atoms with Crippen LogP contribution in [0, 0.1) is 0 Å². The van der Waals surface area contributed by atoms with Crippen LogP contribution in [0.15, 0.2) is 122 Å². The molecular weight excluding hydrogens is 973 g/mol. The molecule has 434 valence electrons. The third kappa shape index (κ3) is 41.8. The topological polar surface area (TPSA) is 175 Å². The number of aliphatic hydroxyl groups excluding tert-OH is 2. The van der Waals surface area contributed by atoms with E-state index in [-0.39, 0.29) is 25.9 Å². The van der Waals surface area contributed by atoms with Gasteiger partial charge in [0.1, 0.15) is 18.8 Å². The first kappa shape index (κ1) is 70.1. The lowest BCUT2D eigenvalue weighted by atomic mass is 9.98. The quantitative estimate of drug-likeness (QED) is 0.0228. The van der Waals surface area contributed by atoms with Crippen molar-refractivity contribution in [1.82, 2.24) is 0 Å². The average molecular weight is 1080 g/mol. The van der Waals surface area contributed by atoms with Crippen LogP contribution in [0.5, 0.6) is 0 Å². The van der Waals surface area contributed by atoms with Gasteiger partial charge in [-0.05, 0) is 83.5 Å². The van der Waals surface area contributed by atoms with Crippen LogP contribution in [0.2, 0.25) is 0 Å². The zero-order valence-electron chi connectivity index (χ0n) is 47.7. The molecule has 0 saturated carbocycles. The smallest absolute Gasteiger partial charge is 0.335 e. The Morgan fingerprint density at radius 3 is 1.22 bits per heavy atom. The lowest BCUT2D eigenvalue weighted by Gasteiger charge is -2.40. The third-order valence-electron chi connectivity index (χ3n) is 12.6. The van der Waals surface area contributed by atoms with Crippen molar-refractivity contribution < 1.29 is 58.2 Å². The average Bonchev–Trinajstić information content (AvgIpc) is 3.42. The number of ether oxygens (including phenoxy) is 5. The van der Waals surface area contributed by atoms with Gasteiger partial charge in [0.05, 0.1) is 6.61 Å². The molecule has 12 nitrogen and oxygen atoms in total. The fraction of sp³-hybridized carbons (Fsp3) is 0.631. The highest BCUT2D eigenvalue weighted by Crippen LogP contribution is 2.26. The molecule has 1 aliphatic rings. The van der Waals surface area contributed by atoms with Gasteiger partial charge >= 0.3 is 23.9 Å². The highest BCUT2D eigenvalue weighted by atomic mass is 16.7. The second-order valence-corrected chi connectivity index (χ2v) is 19.5. The molecule has 0 aromatic carbocycles. The molecule has 0 aliphatic carbocycles. The van der Waals surface area contributed by atoms with Crippen LogP contribution in [-0.2, 0) is 42.9 Å². The largest absolute Gasteiger partial charge is 0.479 e. The van der Waals surface area contributed by atoms with E-state index in [0.29, 0.717) is 32.1 Å². The number of rotatable bonds is 48. The maximum Gasteiger partial charge on any atom is 0.335 e. The molecule has 0 aromatic heterocycles. The first-order valence-electron chi connectivity index (χ1n) is 29.5. The standard InChI is InChI=1S/C65H102O12/c1-4-7-10-13-16-19-22-25-27-28-29-30-32-34-36-39-42-45-48-51-57(66)73-54-56(75-58(67)52-49-46-43-40-37-33-24-21-18-15-12-9-6-3)55-74-65-63(61(70)60(69)62(77-65)64(71)72)76-59(68)53-50-47-44-41-38-35-31-26-23-20-17-14-11-8-5-2/h7,9-10,12,16,18-19,21,25,27,29-30,33-34,36-37,42-43,45-46,56,60-63,65,69-70H,4-6,8,11,13-15,17,20,22-24,26,28,31-32,35,38-41,44,47-55H2,1-3H3,(H,71,72)/b10-7-,12-9-,19-16-,21-18-,27-25-,30-29-,36-34-,37-33-,45-42-,46-43-. The van der Waals surface area contributed by atoms with Gasteiger partial charge in [-0.2, -0.15) is 0 Å². The Bertz CT molecular complexity index is 1800. The predicted molar refractivity (Wildman–Crippen MR) is 312 cm³/mol. The van der Waals surface area contributed by atoms with Crippen molar-refractivity contribution in [3.05, 3.63) is 122 Å². The molecule has 0 aromatic rings. The van der Waals surface area contributed by atoms with Gasteiger partial charge in [-0.1, -0.05) is 232 Å². The van der Waals surface area contributed by atoms with Crippen LogP contribution in [0.1, 0.15) is 213 Å². The molecule has 0 spiro atoms. The number of aliphatic carboxylic acids is 1. The molecular formula is C65H102O12. The van der Waals surface area contributed by atoms with E-state index in [2.05, 4.69) is 118 Å². The lowest BCUT2D eigenvalue weighted by molar-refractivity contribution is -0.301. The first-order valence-corrected chi connectivity index (χ1v) is 29.5. The van der Waals surface area contributed by atoms with Crippen LogP contribution in [-0.4, -0.2) is 89.2 Å². The Morgan fingerprint density at radius 2 is 0.818 bits per heavy atom. The van der Waals surface area contributed by atoms with Crippen molar-refractivity contribution in [2.24, 2.45) is 0 Å². The highest BCUT2D eigenvalue weighted by Gasteiger charge is 2.50. The Labute approximate surface area is 465 Å². The zero-order chi connectivity index (χ0) is 56.1. The number of allylic oxidation sites excluding steroid dienone is 20. The van der Waals surface area contributed by atoms with E-state index >= 15 is 0 Å².